The number of hydrogen-bond donors (Lipinski definition) is 0. The van der Waals surface area contributed by atoms with Crippen molar-refractivity contribution in [3.05, 3.63) is 54.1 Å². The number of nitrogens with zero attached hydrogens (tertiary/aromatic N) is 3. The third-order valence-electron chi connectivity index (χ3n) is 4.79. The molecular weight excluding hydrogens is 314 g/mol. The van der Waals surface area contributed by atoms with E-state index in [1.54, 1.807) is 0 Å². The molecule has 5 nitrogen and oxygen atoms in total. The van der Waals surface area contributed by atoms with Crippen LogP contribution >= 0.6 is 0 Å². The number of hydrogen-bond acceptors (Lipinski definition) is 3. The highest BCUT2D eigenvalue weighted by Crippen LogP contribution is 2.25. The summed E-state index contributed by atoms with van der Waals surface area (Å²) in [7, 11) is 2.02. The van der Waals surface area contributed by atoms with Gasteiger partial charge < -0.3 is 14.2 Å². The molecule has 0 saturated carbocycles. The number of ether oxygens (including phenoxy) is 1. The minimum Gasteiger partial charge on any atom is -0.377 e. The Kier molecular flexibility index (Phi) is 6.23. The van der Waals surface area contributed by atoms with Crippen molar-refractivity contribution < 1.29 is 9.53 Å². The van der Waals surface area contributed by atoms with Crippen LogP contribution < -0.4 is 0 Å². The van der Waals surface area contributed by atoms with Crippen LogP contribution in [0.2, 0.25) is 0 Å². The van der Waals surface area contributed by atoms with Gasteiger partial charge >= 0.3 is 0 Å². The van der Waals surface area contributed by atoms with Crippen LogP contribution in [-0.4, -0.2) is 40.1 Å². The fourth-order valence-corrected chi connectivity index (χ4v) is 3.43. The van der Waals surface area contributed by atoms with Crippen molar-refractivity contribution in [1.82, 2.24) is 14.5 Å². The van der Waals surface area contributed by atoms with E-state index in [1.165, 1.54) is 5.56 Å². The maximum absolute atomic E-state index is 12.5. The molecule has 2 aromatic rings. The number of rotatable bonds is 7. The first kappa shape index (κ1) is 17.7. The van der Waals surface area contributed by atoms with E-state index in [4.69, 9.17) is 4.74 Å². The maximum Gasteiger partial charge on any atom is 0.222 e. The van der Waals surface area contributed by atoms with Crippen molar-refractivity contribution in [2.45, 2.75) is 38.2 Å². The molecule has 1 aromatic heterocycles. The van der Waals surface area contributed by atoms with Crippen LogP contribution in [0.5, 0.6) is 0 Å². The Morgan fingerprint density at radius 1 is 1.32 bits per heavy atom. The second-order valence-electron chi connectivity index (χ2n) is 6.72. The number of aromatic nitrogens is 2. The Bertz CT molecular complexity index is 669. The fourth-order valence-electron chi connectivity index (χ4n) is 3.43. The Hall–Kier alpha value is -2.14. The Labute approximate surface area is 149 Å². The SMILES string of the molecule is Cn1ccnc1C1CCCN(C(=O)CCCOCc2ccccc2)C1. The number of aryl methyl sites for hydroxylation is 1. The summed E-state index contributed by atoms with van der Waals surface area (Å²) in [5.41, 5.74) is 1.17. The van der Waals surface area contributed by atoms with E-state index in [-0.39, 0.29) is 5.91 Å². The molecule has 25 heavy (non-hydrogen) atoms. The molecule has 3 rings (SSSR count). The molecule has 1 amide bonds. The molecule has 1 atom stereocenters. The van der Waals surface area contributed by atoms with Crippen molar-refractivity contribution >= 4 is 5.91 Å². The summed E-state index contributed by atoms with van der Waals surface area (Å²) in [5, 5.41) is 0. The summed E-state index contributed by atoms with van der Waals surface area (Å²) in [4.78, 5) is 18.9. The third kappa shape index (κ3) is 4.92. The van der Waals surface area contributed by atoms with E-state index in [1.807, 2.05) is 42.5 Å². The molecule has 134 valence electrons. The van der Waals surface area contributed by atoms with Gasteiger partial charge in [0.1, 0.15) is 5.82 Å². The van der Waals surface area contributed by atoms with E-state index < -0.39 is 0 Å². The summed E-state index contributed by atoms with van der Waals surface area (Å²) in [5.74, 6) is 1.68. The fraction of sp³-hybridized carbons (Fsp3) is 0.500. The standard InChI is InChI=1S/C20H27N3O2/c1-22-13-11-21-20(22)18-9-5-12-23(15-18)19(24)10-6-14-25-16-17-7-3-2-4-8-17/h2-4,7-8,11,13,18H,5-6,9-10,12,14-16H2,1H3. The van der Waals surface area contributed by atoms with Crippen LogP contribution in [0, 0.1) is 0 Å². The number of amides is 1. The van der Waals surface area contributed by atoms with Crippen LogP contribution in [0.3, 0.4) is 0 Å². The molecule has 2 heterocycles. The predicted octanol–water partition coefficient (Wildman–Crippen LogP) is 3.12. The minimum atomic E-state index is 0.238. The van der Waals surface area contributed by atoms with E-state index in [0.29, 0.717) is 25.6 Å². The smallest absolute Gasteiger partial charge is 0.222 e. The van der Waals surface area contributed by atoms with Crippen LogP contribution in [-0.2, 0) is 23.2 Å². The molecule has 0 aliphatic carbocycles. The third-order valence-corrected chi connectivity index (χ3v) is 4.79. The second kappa shape index (κ2) is 8.81. The van der Waals surface area contributed by atoms with E-state index in [0.717, 1.165) is 38.2 Å². The van der Waals surface area contributed by atoms with Crippen LogP contribution in [0.1, 0.15) is 43.0 Å². The molecule has 0 radical (unpaired) electrons. The van der Waals surface area contributed by atoms with Gasteiger partial charge in [0.2, 0.25) is 5.91 Å². The largest absolute Gasteiger partial charge is 0.377 e. The summed E-state index contributed by atoms with van der Waals surface area (Å²) in [6.07, 6.45) is 7.29. The molecule has 0 spiro atoms. The number of benzene rings is 1. The zero-order chi connectivity index (χ0) is 17.5. The quantitative estimate of drug-likeness (QED) is 0.727. The number of carbonyl (C=O) groups is 1. The van der Waals surface area contributed by atoms with Crippen molar-refractivity contribution in [2.75, 3.05) is 19.7 Å². The second-order valence-corrected chi connectivity index (χ2v) is 6.72. The average molecular weight is 341 g/mol. The van der Waals surface area contributed by atoms with Gasteiger partial charge in [0, 0.05) is 51.5 Å². The van der Waals surface area contributed by atoms with Gasteiger partial charge in [-0.25, -0.2) is 4.98 Å². The van der Waals surface area contributed by atoms with Gasteiger partial charge in [0.15, 0.2) is 0 Å². The van der Waals surface area contributed by atoms with Gasteiger partial charge in [-0.2, -0.15) is 0 Å². The van der Waals surface area contributed by atoms with Crippen molar-refractivity contribution in [2.24, 2.45) is 7.05 Å². The highest BCUT2D eigenvalue weighted by Gasteiger charge is 2.26. The predicted molar refractivity (Wildman–Crippen MR) is 97.1 cm³/mol. The van der Waals surface area contributed by atoms with Gasteiger partial charge in [-0.1, -0.05) is 30.3 Å². The lowest BCUT2D eigenvalue weighted by atomic mass is 9.97. The zero-order valence-corrected chi connectivity index (χ0v) is 14.9. The molecule has 1 unspecified atom stereocenters. The monoisotopic (exact) mass is 341 g/mol. The lowest BCUT2D eigenvalue weighted by Gasteiger charge is -2.32. The van der Waals surface area contributed by atoms with E-state index >= 15 is 0 Å². The van der Waals surface area contributed by atoms with Crippen LogP contribution in [0.15, 0.2) is 42.7 Å². The Balaban J connectivity index is 1.38. The number of likely N-dealkylation sites (tertiary alicyclic amines) is 1. The van der Waals surface area contributed by atoms with Gasteiger partial charge in [0.05, 0.1) is 6.61 Å². The molecule has 1 saturated heterocycles. The number of piperidine rings is 1. The summed E-state index contributed by atoms with van der Waals surface area (Å²) in [6.45, 7) is 2.89. The highest BCUT2D eigenvalue weighted by molar-refractivity contribution is 5.76. The molecule has 0 N–H and O–H groups in total. The topological polar surface area (TPSA) is 47.4 Å². The Morgan fingerprint density at radius 2 is 2.16 bits per heavy atom. The summed E-state index contributed by atoms with van der Waals surface area (Å²) >= 11 is 0. The Morgan fingerprint density at radius 3 is 2.92 bits per heavy atom. The zero-order valence-electron chi connectivity index (χ0n) is 14.9. The summed E-state index contributed by atoms with van der Waals surface area (Å²) < 4.78 is 7.73. The number of imidazole rings is 1. The molecule has 1 aliphatic rings. The molecule has 0 bridgehead atoms. The minimum absolute atomic E-state index is 0.238. The molecule has 1 aromatic carbocycles. The first-order chi connectivity index (χ1) is 12.2. The van der Waals surface area contributed by atoms with Gasteiger partial charge in [-0.05, 0) is 24.8 Å². The molecule has 5 heteroatoms. The first-order valence-electron chi connectivity index (χ1n) is 9.10. The highest BCUT2D eigenvalue weighted by atomic mass is 16.5. The molecular formula is C20H27N3O2. The lowest BCUT2D eigenvalue weighted by molar-refractivity contribution is -0.132. The number of carbonyl (C=O) groups excluding carboxylic acids is 1. The normalized spacial score (nSPS) is 17.6. The molecule has 1 fully saturated rings. The van der Waals surface area contributed by atoms with Gasteiger partial charge in [-0.3, -0.25) is 4.79 Å². The average Bonchev–Trinajstić information content (AvgIpc) is 3.08. The van der Waals surface area contributed by atoms with Gasteiger partial charge in [-0.15, -0.1) is 0 Å². The summed E-state index contributed by atoms with van der Waals surface area (Å²) in [6, 6.07) is 10.1. The van der Waals surface area contributed by atoms with Crippen LogP contribution in [0.4, 0.5) is 0 Å². The van der Waals surface area contributed by atoms with E-state index in [2.05, 4.69) is 21.7 Å². The lowest BCUT2D eigenvalue weighted by Crippen LogP contribution is -2.39. The van der Waals surface area contributed by atoms with Crippen molar-refractivity contribution in [3.8, 4) is 0 Å². The maximum atomic E-state index is 12.5. The first-order valence-corrected chi connectivity index (χ1v) is 9.10. The van der Waals surface area contributed by atoms with E-state index in [9.17, 15) is 4.79 Å². The van der Waals surface area contributed by atoms with Crippen molar-refractivity contribution in [1.29, 1.82) is 0 Å². The van der Waals surface area contributed by atoms with Crippen LogP contribution in [0.25, 0.3) is 0 Å². The molecule has 1 aliphatic heterocycles. The van der Waals surface area contributed by atoms with Crippen molar-refractivity contribution in [3.63, 3.8) is 0 Å². The van der Waals surface area contributed by atoms with Gasteiger partial charge in [0.25, 0.3) is 0 Å².